The van der Waals surface area contributed by atoms with Gasteiger partial charge in [-0.25, -0.2) is 0 Å². The molecule has 0 saturated carbocycles. The van der Waals surface area contributed by atoms with E-state index in [0.29, 0.717) is 37.6 Å². The van der Waals surface area contributed by atoms with E-state index in [1.54, 1.807) is 28.0 Å². The molecule has 0 aromatic carbocycles. The van der Waals surface area contributed by atoms with Crippen LogP contribution in [0.5, 0.6) is 0 Å². The molecule has 0 aliphatic carbocycles. The number of carboxylic acids is 2. The molecule has 255 valence electrons. The number of carbonyl (C=O) groups is 4. The summed E-state index contributed by atoms with van der Waals surface area (Å²) in [5.74, 6) is -3.07. The van der Waals surface area contributed by atoms with Crippen molar-refractivity contribution in [3.05, 3.63) is 29.6 Å². The van der Waals surface area contributed by atoms with Crippen molar-refractivity contribution in [1.82, 2.24) is 30.3 Å². The Hall–Kier alpha value is -2.73. The molecule has 0 fully saturated rings. The number of carbonyl (C=O) groups excluding carboxylic acids is 2. The second-order valence-corrected chi connectivity index (χ2v) is 10.9. The molecule has 4 unspecified atom stereocenters. The number of aliphatic hydroxyl groups is 4. The number of nitrogens with one attached hydrogen (secondary N) is 2. The van der Waals surface area contributed by atoms with Crippen LogP contribution < -0.4 is 10.6 Å². The number of aliphatic hydroxyl groups excluding tert-OH is 4. The van der Waals surface area contributed by atoms with Crippen molar-refractivity contribution < 1.29 is 66.9 Å². The smallest absolute Gasteiger partial charge is 0.320 e. The molecule has 1 aromatic rings. The van der Waals surface area contributed by atoms with E-state index in [1.165, 1.54) is 0 Å². The molecule has 1 radical (unpaired) electrons. The molecule has 1 aromatic heterocycles. The minimum Gasteiger partial charge on any atom is -0.480 e. The first-order valence-corrected chi connectivity index (χ1v) is 14.6. The van der Waals surface area contributed by atoms with E-state index in [-0.39, 0.29) is 68.9 Å². The number of hydrogen-bond donors (Lipinski definition) is 8. The summed E-state index contributed by atoms with van der Waals surface area (Å²) in [5.41, 5.74) is 1.14. The van der Waals surface area contributed by atoms with Gasteiger partial charge >= 0.3 is 11.9 Å². The second-order valence-electron chi connectivity index (χ2n) is 10.9. The average Bonchev–Trinajstić information content (AvgIpc) is 2.99. The first-order chi connectivity index (χ1) is 20.9. The summed E-state index contributed by atoms with van der Waals surface area (Å²) in [6.07, 6.45) is -2.37. The molecule has 0 spiro atoms. The Balaban J connectivity index is 0.0000101. The van der Waals surface area contributed by atoms with Gasteiger partial charge in [0.05, 0.1) is 36.8 Å². The minimum atomic E-state index is -1.10. The zero-order valence-electron chi connectivity index (χ0n) is 25.4. The van der Waals surface area contributed by atoms with Gasteiger partial charge in [0.2, 0.25) is 11.8 Å². The van der Waals surface area contributed by atoms with E-state index in [0.717, 1.165) is 0 Å². The first kappa shape index (κ1) is 40.3. The Morgan fingerprint density at radius 1 is 0.778 bits per heavy atom. The van der Waals surface area contributed by atoms with Gasteiger partial charge in [-0.05, 0) is 32.0 Å². The van der Waals surface area contributed by atoms with Gasteiger partial charge in [0.15, 0.2) is 0 Å². The monoisotopic (exact) mass is 681 g/mol. The fourth-order valence-corrected chi connectivity index (χ4v) is 4.75. The molecule has 2 bridgehead atoms. The molecule has 2 heterocycles. The van der Waals surface area contributed by atoms with Crippen molar-refractivity contribution in [3.8, 4) is 0 Å². The number of fused-ring (bicyclic) bond motifs is 2. The zero-order chi connectivity index (χ0) is 32.6. The van der Waals surface area contributed by atoms with Gasteiger partial charge in [-0.15, -0.1) is 0 Å². The molecular formula is C28H46MnN6O10. The van der Waals surface area contributed by atoms with Gasteiger partial charge in [-0.3, -0.25) is 34.0 Å². The van der Waals surface area contributed by atoms with Gasteiger partial charge < -0.3 is 46.2 Å². The molecule has 45 heavy (non-hydrogen) atoms. The summed E-state index contributed by atoms with van der Waals surface area (Å²) in [7, 11) is 1.84. The van der Waals surface area contributed by atoms with E-state index >= 15 is 0 Å². The topological polar surface area (TPSA) is 236 Å². The summed E-state index contributed by atoms with van der Waals surface area (Å²) < 4.78 is 0. The molecule has 1 aliphatic heterocycles. The first-order valence-electron chi connectivity index (χ1n) is 14.6. The van der Waals surface area contributed by atoms with E-state index in [2.05, 4.69) is 15.6 Å². The fourth-order valence-electron chi connectivity index (χ4n) is 4.75. The minimum absolute atomic E-state index is 0. The third kappa shape index (κ3) is 14.9. The third-order valence-corrected chi connectivity index (χ3v) is 7.37. The summed E-state index contributed by atoms with van der Waals surface area (Å²) in [5, 5.41) is 61.8. The summed E-state index contributed by atoms with van der Waals surface area (Å²) >= 11 is 0. The predicted octanol–water partition coefficient (Wildman–Crippen LogP) is -2.97. The Morgan fingerprint density at radius 2 is 1.18 bits per heavy atom. The molecule has 2 amide bonds. The number of amides is 2. The number of nitrogens with zero attached hydrogens (tertiary/aromatic N) is 4. The number of aliphatic carboxylic acids is 2. The molecule has 17 heteroatoms. The molecule has 2 rings (SSSR count). The zero-order valence-corrected chi connectivity index (χ0v) is 26.6. The van der Waals surface area contributed by atoms with Crippen molar-refractivity contribution in [2.45, 2.75) is 63.1 Å². The maximum atomic E-state index is 12.3. The van der Waals surface area contributed by atoms with Crippen LogP contribution in [0.15, 0.2) is 18.2 Å². The van der Waals surface area contributed by atoms with Crippen molar-refractivity contribution in [1.29, 1.82) is 0 Å². The normalized spacial score (nSPS) is 17.8. The fraction of sp³-hybridized carbons (Fsp3) is 0.679. The van der Waals surface area contributed by atoms with E-state index in [9.17, 15) is 39.6 Å². The summed E-state index contributed by atoms with van der Waals surface area (Å²) in [4.78, 5) is 59.2. The molecule has 4 atom stereocenters. The largest absolute Gasteiger partial charge is 0.480 e. The molecule has 1 aliphatic rings. The molecular weight excluding hydrogens is 635 g/mol. The average molecular weight is 682 g/mol. The van der Waals surface area contributed by atoms with E-state index in [1.807, 2.05) is 11.9 Å². The molecule has 16 nitrogen and oxygen atoms in total. The van der Waals surface area contributed by atoms with Crippen molar-refractivity contribution >= 4 is 23.8 Å². The van der Waals surface area contributed by atoms with Crippen LogP contribution in [0.1, 0.15) is 37.1 Å². The Morgan fingerprint density at radius 3 is 1.53 bits per heavy atom. The maximum absolute atomic E-state index is 12.3. The van der Waals surface area contributed by atoms with Crippen LogP contribution in [0.4, 0.5) is 0 Å². The van der Waals surface area contributed by atoms with Crippen LogP contribution in [-0.4, -0.2) is 158 Å². The predicted molar refractivity (Wildman–Crippen MR) is 156 cm³/mol. The quantitative estimate of drug-likeness (QED) is 0.0815. The molecule has 0 saturated heterocycles. The van der Waals surface area contributed by atoms with Gasteiger partial charge in [0.1, 0.15) is 12.1 Å². The molecule has 8 N–H and O–H groups in total. The Kier molecular flexibility index (Phi) is 18.9. The number of likely N-dealkylation sites (N-methyl/N-ethyl adjacent to an activating group) is 1. The third-order valence-electron chi connectivity index (χ3n) is 7.37. The van der Waals surface area contributed by atoms with Crippen LogP contribution in [0.25, 0.3) is 0 Å². The van der Waals surface area contributed by atoms with E-state index in [4.69, 9.17) is 10.2 Å². The Labute approximate surface area is 272 Å². The van der Waals surface area contributed by atoms with Gasteiger partial charge in [-0.2, -0.15) is 0 Å². The number of aromatic nitrogens is 1. The number of rotatable bonds is 16. The van der Waals surface area contributed by atoms with Gasteiger partial charge in [0.25, 0.3) is 0 Å². The van der Waals surface area contributed by atoms with Gasteiger partial charge in [-0.1, -0.05) is 6.07 Å². The van der Waals surface area contributed by atoms with Crippen LogP contribution in [-0.2, 0) is 49.3 Å². The second kappa shape index (κ2) is 21.1. The van der Waals surface area contributed by atoms with Crippen molar-refractivity contribution in [3.63, 3.8) is 0 Å². The SMILES string of the molecule is CN1CCN(C(CCC(=O)NCC(O)CO)C(=O)O)Cc2cccc(n2)CN(C(CCC(=O)NCC(O)CO)C(=O)O)CC1.[Mn]. The van der Waals surface area contributed by atoms with Crippen molar-refractivity contribution in [2.75, 3.05) is 59.5 Å². The number of carboxylic acid groups (broad SMARTS) is 2. The number of pyridine rings is 1. The van der Waals surface area contributed by atoms with Crippen molar-refractivity contribution in [2.24, 2.45) is 0 Å². The Bertz CT molecular complexity index is 1010. The standard InChI is InChI=1S/C28H46N6O10.Mn/c1-32-9-11-33(23(27(41)42)5-7-25(39)29-13-21(37)17-35)15-19-3-2-4-20(31-19)16-34(12-10-32)24(28(43)44)6-8-26(40)30-14-22(38)18-36;/h2-4,21-24,35-38H,5-18H2,1H3,(H,29,39)(H,30,40)(H,41,42)(H,43,44);. The van der Waals surface area contributed by atoms with Gasteiger partial charge in [0, 0.05) is 82.3 Å². The van der Waals surface area contributed by atoms with Crippen LogP contribution in [0.2, 0.25) is 0 Å². The van der Waals surface area contributed by atoms with Crippen LogP contribution in [0.3, 0.4) is 0 Å². The van der Waals surface area contributed by atoms with Crippen LogP contribution in [0, 0.1) is 0 Å². The maximum Gasteiger partial charge on any atom is 0.320 e. The summed E-state index contributed by atoms with van der Waals surface area (Å²) in [6, 6.07) is 3.26. The summed E-state index contributed by atoms with van der Waals surface area (Å²) in [6.45, 7) is 0.597. The number of hydrogen-bond acceptors (Lipinski definition) is 12. The van der Waals surface area contributed by atoms with E-state index < -0.39 is 61.3 Å². The van der Waals surface area contributed by atoms with Crippen LogP contribution >= 0.6 is 0 Å².